The van der Waals surface area contributed by atoms with E-state index in [0.717, 1.165) is 11.1 Å². The predicted molar refractivity (Wildman–Crippen MR) is 119 cm³/mol. The van der Waals surface area contributed by atoms with E-state index in [1.807, 2.05) is 38.1 Å². The molecule has 2 aromatic carbocycles. The molecule has 0 aliphatic rings. The van der Waals surface area contributed by atoms with Gasteiger partial charge in [0.05, 0.1) is 6.20 Å². The lowest BCUT2D eigenvalue weighted by molar-refractivity contribution is -0.192. The molecule has 0 unspecified atom stereocenters. The molecule has 0 bridgehead atoms. The van der Waals surface area contributed by atoms with Crippen LogP contribution < -0.4 is 16.0 Å². The van der Waals surface area contributed by atoms with Crippen molar-refractivity contribution in [1.82, 2.24) is 15.5 Å². The monoisotopic (exact) mass is 477 g/mol. The van der Waals surface area contributed by atoms with Crippen molar-refractivity contribution < 1.29 is 32.7 Å². The second kappa shape index (κ2) is 11.5. The summed E-state index contributed by atoms with van der Waals surface area (Å²) in [7, 11) is 0. The summed E-state index contributed by atoms with van der Waals surface area (Å²) in [4.78, 5) is 33.2. The number of anilines is 2. The van der Waals surface area contributed by atoms with Crippen LogP contribution in [0.5, 0.6) is 0 Å². The number of carbonyl (C=O) groups is 3. The Kier molecular flexibility index (Phi) is 8.76. The number of carboxylic acids is 1. The van der Waals surface area contributed by atoms with E-state index in [4.69, 9.17) is 9.90 Å². The Bertz CT molecular complexity index is 1110. The minimum Gasteiger partial charge on any atom is -0.475 e. The number of rotatable bonds is 5. The summed E-state index contributed by atoms with van der Waals surface area (Å²) in [6.07, 6.45) is -1.55. The summed E-state index contributed by atoms with van der Waals surface area (Å²) in [6.45, 7) is 3.79. The largest absolute Gasteiger partial charge is 0.490 e. The third-order valence-corrected chi connectivity index (χ3v) is 4.02. The number of nitrogens with one attached hydrogen (secondary N) is 4. The first-order valence-corrected chi connectivity index (χ1v) is 9.84. The fraction of sp³-hybridized carbons (Fsp3) is 0.182. The summed E-state index contributed by atoms with van der Waals surface area (Å²) in [6, 6.07) is 13.9. The van der Waals surface area contributed by atoms with Crippen LogP contribution in [0.25, 0.3) is 11.1 Å². The Hall–Kier alpha value is -4.35. The number of aromatic amines is 1. The highest BCUT2D eigenvalue weighted by atomic mass is 19.4. The Balaban J connectivity index is 0.000000509. The zero-order chi connectivity index (χ0) is 25.3. The molecule has 0 atom stereocenters. The van der Waals surface area contributed by atoms with Gasteiger partial charge in [-0.3, -0.25) is 9.89 Å². The van der Waals surface area contributed by atoms with Gasteiger partial charge in [0.1, 0.15) is 0 Å². The molecule has 1 aromatic heterocycles. The van der Waals surface area contributed by atoms with Crippen molar-refractivity contribution in [1.29, 1.82) is 0 Å². The molecule has 1 heterocycles. The average molecular weight is 477 g/mol. The second-order valence-electron chi connectivity index (χ2n) is 7.16. The van der Waals surface area contributed by atoms with E-state index in [-0.39, 0.29) is 18.0 Å². The van der Waals surface area contributed by atoms with Gasteiger partial charge in [-0.15, -0.1) is 0 Å². The number of aromatic nitrogens is 2. The molecule has 0 saturated carbocycles. The number of H-pyrrole nitrogens is 1. The number of hydrogen-bond donors (Lipinski definition) is 5. The molecule has 0 aliphatic carbocycles. The molecule has 0 saturated heterocycles. The van der Waals surface area contributed by atoms with Gasteiger partial charge >= 0.3 is 18.2 Å². The van der Waals surface area contributed by atoms with Crippen molar-refractivity contribution in [2.45, 2.75) is 26.1 Å². The lowest BCUT2D eigenvalue weighted by Crippen LogP contribution is -2.30. The molecular formula is C22H22F3N5O4. The van der Waals surface area contributed by atoms with Crippen LogP contribution in [0.3, 0.4) is 0 Å². The quantitative estimate of drug-likeness (QED) is 0.369. The Morgan fingerprint density at radius 1 is 0.971 bits per heavy atom. The maximum absolute atomic E-state index is 12.2. The number of amides is 3. The summed E-state index contributed by atoms with van der Waals surface area (Å²) >= 11 is 0. The van der Waals surface area contributed by atoms with Gasteiger partial charge in [0.25, 0.3) is 5.91 Å². The third kappa shape index (κ3) is 8.30. The molecule has 12 heteroatoms. The Labute approximate surface area is 192 Å². The van der Waals surface area contributed by atoms with Gasteiger partial charge in [-0.2, -0.15) is 18.3 Å². The molecule has 5 N–H and O–H groups in total. The molecule has 34 heavy (non-hydrogen) atoms. The standard InChI is InChI=1S/C20H21N5O2.C2HF3O2/c1-13(2)23-19(26)15-4-3-5-18(10-15)25-20(27)24-17-8-6-14(7-9-17)16-11-21-22-12-16;3-2(4,5)1(6)7/h3-13H,1-2H3,(H,21,22)(H,23,26)(H2,24,25,27);(H,6,7). The third-order valence-electron chi connectivity index (χ3n) is 4.02. The molecular weight excluding hydrogens is 455 g/mol. The van der Waals surface area contributed by atoms with Gasteiger partial charge in [-0.1, -0.05) is 18.2 Å². The average Bonchev–Trinajstić information content (AvgIpc) is 3.28. The van der Waals surface area contributed by atoms with Gasteiger partial charge in [-0.25, -0.2) is 9.59 Å². The fourth-order valence-corrected chi connectivity index (χ4v) is 2.53. The predicted octanol–water partition coefficient (Wildman–Crippen LogP) is 4.49. The molecule has 9 nitrogen and oxygen atoms in total. The number of halogens is 3. The second-order valence-corrected chi connectivity index (χ2v) is 7.16. The number of aliphatic carboxylic acids is 1. The normalized spacial score (nSPS) is 10.6. The topological polar surface area (TPSA) is 136 Å². The van der Waals surface area contributed by atoms with Gasteiger partial charge in [0, 0.05) is 34.7 Å². The van der Waals surface area contributed by atoms with Crippen LogP contribution in [-0.2, 0) is 4.79 Å². The molecule has 3 amide bonds. The molecule has 180 valence electrons. The number of alkyl halides is 3. The Morgan fingerprint density at radius 3 is 2.12 bits per heavy atom. The smallest absolute Gasteiger partial charge is 0.475 e. The van der Waals surface area contributed by atoms with Crippen LogP contribution in [-0.4, -0.2) is 45.4 Å². The molecule has 3 aromatic rings. The number of urea groups is 1. The first-order valence-electron chi connectivity index (χ1n) is 9.84. The summed E-state index contributed by atoms with van der Waals surface area (Å²) in [5.41, 5.74) is 3.67. The highest BCUT2D eigenvalue weighted by Gasteiger charge is 2.38. The first-order chi connectivity index (χ1) is 16.0. The minimum atomic E-state index is -5.08. The maximum atomic E-state index is 12.2. The summed E-state index contributed by atoms with van der Waals surface area (Å²) in [5, 5.41) is 22.1. The molecule has 0 fully saturated rings. The lowest BCUT2D eigenvalue weighted by Gasteiger charge is -2.11. The van der Waals surface area contributed by atoms with Gasteiger partial charge < -0.3 is 21.1 Å². The number of carboxylic acid groups (broad SMARTS) is 1. The SMILES string of the molecule is CC(C)NC(=O)c1cccc(NC(=O)Nc2ccc(-c3cn[nH]c3)cc2)c1.O=C(O)C(F)(F)F. The van der Waals surface area contributed by atoms with E-state index in [2.05, 4.69) is 26.1 Å². The lowest BCUT2D eigenvalue weighted by atomic mass is 10.1. The molecule has 0 spiro atoms. The number of benzene rings is 2. The van der Waals surface area contributed by atoms with E-state index >= 15 is 0 Å². The highest BCUT2D eigenvalue weighted by molar-refractivity contribution is 6.01. The molecule has 3 rings (SSSR count). The van der Waals surface area contributed by atoms with Crippen molar-refractivity contribution in [2.75, 3.05) is 10.6 Å². The van der Waals surface area contributed by atoms with Crippen molar-refractivity contribution >= 4 is 29.3 Å². The maximum Gasteiger partial charge on any atom is 0.490 e. The molecule has 0 radical (unpaired) electrons. The van der Waals surface area contributed by atoms with Crippen LogP contribution >= 0.6 is 0 Å². The number of hydrogen-bond acceptors (Lipinski definition) is 4. The fourth-order valence-electron chi connectivity index (χ4n) is 2.53. The van der Waals surface area contributed by atoms with Crippen LogP contribution in [0, 0.1) is 0 Å². The summed E-state index contributed by atoms with van der Waals surface area (Å²) in [5.74, 6) is -2.93. The van der Waals surface area contributed by atoms with Crippen LogP contribution in [0.2, 0.25) is 0 Å². The van der Waals surface area contributed by atoms with E-state index in [1.54, 1.807) is 36.7 Å². The number of carbonyl (C=O) groups excluding carboxylic acids is 2. The minimum absolute atomic E-state index is 0.0439. The molecule has 0 aliphatic heterocycles. The van der Waals surface area contributed by atoms with E-state index < -0.39 is 12.1 Å². The van der Waals surface area contributed by atoms with E-state index in [0.29, 0.717) is 16.9 Å². The first kappa shape index (κ1) is 25.9. The van der Waals surface area contributed by atoms with Gasteiger partial charge in [0.2, 0.25) is 0 Å². The van der Waals surface area contributed by atoms with E-state index in [1.165, 1.54) is 0 Å². The van der Waals surface area contributed by atoms with Crippen LogP contribution in [0.4, 0.5) is 29.3 Å². The zero-order valence-electron chi connectivity index (χ0n) is 18.1. The zero-order valence-corrected chi connectivity index (χ0v) is 18.1. The van der Waals surface area contributed by atoms with Crippen LogP contribution in [0.1, 0.15) is 24.2 Å². The number of nitrogens with zero attached hydrogens (tertiary/aromatic N) is 1. The van der Waals surface area contributed by atoms with E-state index in [9.17, 15) is 22.8 Å². The van der Waals surface area contributed by atoms with Crippen LogP contribution in [0.15, 0.2) is 60.9 Å². The van der Waals surface area contributed by atoms with Crippen molar-refractivity contribution in [2.24, 2.45) is 0 Å². The van der Waals surface area contributed by atoms with Crippen molar-refractivity contribution in [3.63, 3.8) is 0 Å². The van der Waals surface area contributed by atoms with Gasteiger partial charge in [0.15, 0.2) is 0 Å². The Morgan fingerprint density at radius 2 is 1.59 bits per heavy atom. The van der Waals surface area contributed by atoms with Crippen molar-refractivity contribution in [3.05, 3.63) is 66.5 Å². The highest BCUT2D eigenvalue weighted by Crippen LogP contribution is 2.20. The summed E-state index contributed by atoms with van der Waals surface area (Å²) < 4.78 is 31.7. The van der Waals surface area contributed by atoms with Gasteiger partial charge in [-0.05, 0) is 49.7 Å². The van der Waals surface area contributed by atoms with Crippen molar-refractivity contribution in [3.8, 4) is 11.1 Å².